The fourth-order valence-corrected chi connectivity index (χ4v) is 2.48. The lowest BCUT2D eigenvalue weighted by Gasteiger charge is -2.36. The quantitative estimate of drug-likeness (QED) is 0.730. The Labute approximate surface area is 92.4 Å². The van der Waals surface area contributed by atoms with Crippen LogP contribution in [0.3, 0.4) is 0 Å². The van der Waals surface area contributed by atoms with E-state index in [0.29, 0.717) is 5.92 Å². The second kappa shape index (κ2) is 4.97. The number of methoxy groups -OCH3 is 1. The normalized spacial score (nSPS) is 21.1. The van der Waals surface area contributed by atoms with E-state index >= 15 is 0 Å². The fourth-order valence-electron chi connectivity index (χ4n) is 2.48. The summed E-state index contributed by atoms with van der Waals surface area (Å²) in [6, 6.07) is -0.0785. The van der Waals surface area contributed by atoms with Gasteiger partial charge in [-0.1, -0.05) is 19.3 Å². The van der Waals surface area contributed by atoms with Gasteiger partial charge >= 0.3 is 5.97 Å². The minimum atomic E-state index is -0.559. The molecular formula is C12H23NO2. The summed E-state index contributed by atoms with van der Waals surface area (Å²) in [6.07, 6.45) is 6.11. The summed E-state index contributed by atoms with van der Waals surface area (Å²) in [5, 5.41) is 0. The van der Waals surface area contributed by atoms with Crippen molar-refractivity contribution in [2.75, 3.05) is 7.11 Å². The summed E-state index contributed by atoms with van der Waals surface area (Å²) in [5.74, 6) is 0.286. The molecule has 0 radical (unpaired) electrons. The molecule has 1 atom stereocenters. The van der Waals surface area contributed by atoms with Crippen LogP contribution in [0.4, 0.5) is 0 Å². The third kappa shape index (κ3) is 2.71. The van der Waals surface area contributed by atoms with Crippen LogP contribution >= 0.6 is 0 Å². The molecule has 1 saturated carbocycles. The van der Waals surface area contributed by atoms with Gasteiger partial charge in [-0.15, -0.1) is 0 Å². The Morgan fingerprint density at radius 3 is 2.33 bits per heavy atom. The van der Waals surface area contributed by atoms with E-state index in [1.54, 1.807) is 0 Å². The van der Waals surface area contributed by atoms with Crippen LogP contribution in [-0.4, -0.2) is 19.1 Å². The molecule has 1 fully saturated rings. The maximum atomic E-state index is 11.6. The Bertz CT molecular complexity index is 220. The highest BCUT2D eigenvalue weighted by molar-refractivity contribution is 5.76. The summed E-state index contributed by atoms with van der Waals surface area (Å²) in [6.45, 7) is 3.77. The van der Waals surface area contributed by atoms with Gasteiger partial charge in [0, 0.05) is 6.04 Å². The number of esters is 1. The molecule has 0 heterocycles. The van der Waals surface area contributed by atoms with Crippen LogP contribution in [0, 0.1) is 11.3 Å². The van der Waals surface area contributed by atoms with Crippen LogP contribution < -0.4 is 5.73 Å². The van der Waals surface area contributed by atoms with Crippen molar-refractivity contribution >= 4 is 5.97 Å². The minimum Gasteiger partial charge on any atom is -0.469 e. The summed E-state index contributed by atoms with van der Waals surface area (Å²) in [7, 11) is 1.43. The van der Waals surface area contributed by atoms with Crippen molar-refractivity contribution in [2.24, 2.45) is 17.1 Å². The summed E-state index contributed by atoms with van der Waals surface area (Å²) < 4.78 is 4.81. The Morgan fingerprint density at radius 2 is 1.87 bits per heavy atom. The lowest BCUT2D eigenvalue weighted by molar-refractivity contribution is -0.153. The highest BCUT2D eigenvalue weighted by Gasteiger charge is 2.40. The first-order valence-corrected chi connectivity index (χ1v) is 5.84. The van der Waals surface area contributed by atoms with Crippen molar-refractivity contribution in [3.8, 4) is 0 Å². The Balaban J connectivity index is 2.64. The van der Waals surface area contributed by atoms with E-state index in [1.165, 1.54) is 26.4 Å². The topological polar surface area (TPSA) is 52.3 Å². The van der Waals surface area contributed by atoms with Crippen LogP contribution in [0.1, 0.15) is 46.0 Å². The molecule has 0 aliphatic heterocycles. The molecule has 0 bridgehead atoms. The van der Waals surface area contributed by atoms with E-state index in [0.717, 1.165) is 12.8 Å². The lowest BCUT2D eigenvalue weighted by atomic mass is 9.72. The average molecular weight is 213 g/mol. The zero-order chi connectivity index (χ0) is 11.5. The summed E-state index contributed by atoms with van der Waals surface area (Å²) in [4.78, 5) is 11.6. The smallest absolute Gasteiger partial charge is 0.312 e. The van der Waals surface area contributed by atoms with Crippen molar-refractivity contribution in [1.82, 2.24) is 0 Å². The first kappa shape index (κ1) is 12.5. The number of hydrogen-bond donors (Lipinski definition) is 1. The molecule has 0 aromatic heterocycles. The number of rotatable bonds is 3. The molecule has 3 heteroatoms. The van der Waals surface area contributed by atoms with E-state index in [-0.39, 0.29) is 12.0 Å². The zero-order valence-corrected chi connectivity index (χ0v) is 10.1. The van der Waals surface area contributed by atoms with Crippen LogP contribution in [0.15, 0.2) is 0 Å². The molecule has 0 saturated heterocycles. The second-order valence-electron chi connectivity index (χ2n) is 5.14. The Morgan fingerprint density at radius 1 is 1.33 bits per heavy atom. The largest absolute Gasteiger partial charge is 0.469 e. The summed E-state index contributed by atoms with van der Waals surface area (Å²) >= 11 is 0. The number of carbonyl (C=O) groups excluding carboxylic acids is 1. The van der Waals surface area contributed by atoms with Gasteiger partial charge in [0.25, 0.3) is 0 Å². The Hall–Kier alpha value is -0.570. The average Bonchev–Trinajstić information content (AvgIpc) is 2.28. The van der Waals surface area contributed by atoms with Crippen molar-refractivity contribution in [3.05, 3.63) is 0 Å². The van der Waals surface area contributed by atoms with Gasteiger partial charge in [0.1, 0.15) is 0 Å². The van der Waals surface area contributed by atoms with Gasteiger partial charge in [0.05, 0.1) is 12.5 Å². The third-order valence-electron chi connectivity index (χ3n) is 3.70. The maximum Gasteiger partial charge on any atom is 0.312 e. The Kier molecular flexibility index (Phi) is 4.14. The van der Waals surface area contributed by atoms with Gasteiger partial charge in [-0.05, 0) is 32.6 Å². The molecule has 0 aromatic carbocycles. The highest BCUT2D eigenvalue weighted by Crippen LogP contribution is 2.34. The van der Waals surface area contributed by atoms with Crippen molar-refractivity contribution in [1.29, 1.82) is 0 Å². The number of hydrogen-bond acceptors (Lipinski definition) is 3. The molecule has 0 amide bonds. The molecule has 1 aliphatic rings. The standard InChI is InChI=1S/C12H23NO2/c1-12(2,11(14)15-3)10(13)9-7-5-4-6-8-9/h9-10H,4-8,13H2,1-3H3. The number of ether oxygens (including phenoxy) is 1. The fraction of sp³-hybridized carbons (Fsp3) is 0.917. The highest BCUT2D eigenvalue weighted by atomic mass is 16.5. The van der Waals surface area contributed by atoms with E-state index in [1.807, 2.05) is 13.8 Å². The lowest BCUT2D eigenvalue weighted by Crippen LogP contribution is -2.49. The van der Waals surface area contributed by atoms with E-state index in [9.17, 15) is 4.79 Å². The molecule has 2 N–H and O–H groups in total. The monoisotopic (exact) mass is 213 g/mol. The first-order valence-electron chi connectivity index (χ1n) is 5.84. The molecule has 0 aromatic rings. The molecule has 1 rings (SSSR count). The SMILES string of the molecule is COC(=O)C(C)(C)C(N)C1CCCCC1. The molecule has 3 nitrogen and oxygen atoms in total. The third-order valence-corrected chi connectivity index (χ3v) is 3.70. The van der Waals surface area contributed by atoms with Crippen molar-refractivity contribution in [3.63, 3.8) is 0 Å². The van der Waals surface area contributed by atoms with Crippen molar-refractivity contribution < 1.29 is 9.53 Å². The second-order valence-corrected chi connectivity index (χ2v) is 5.14. The van der Waals surface area contributed by atoms with Gasteiger partial charge in [-0.2, -0.15) is 0 Å². The summed E-state index contributed by atoms with van der Waals surface area (Å²) in [5.41, 5.74) is 5.64. The van der Waals surface area contributed by atoms with Crippen LogP contribution in [-0.2, 0) is 9.53 Å². The molecule has 88 valence electrons. The molecule has 15 heavy (non-hydrogen) atoms. The van der Waals surface area contributed by atoms with Crippen LogP contribution in [0.2, 0.25) is 0 Å². The zero-order valence-electron chi connectivity index (χ0n) is 10.1. The molecule has 1 unspecified atom stereocenters. The van der Waals surface area contributed by atoms with Gasteiger partial charge in [0.2, 0.25) is 0 Å². The van der Waals surface area contributed by atoms with Gasteiger partial charge in [-0.3, -0.25) is 4.79 Å². The van der Waals surface area contributed by atoms with Crippen LogP contribution in [0.25, 0.3) is 0 Å². The number of nitrogens with two attached hydrogens (primary N) is 1. The van der Waals surface area contributed by atoms with Crippen molar-refractivity contribution in [2.45, 2.75) is 52.0 Å². The van der Waals surface area contributed by atoms with E-state index in [2.05, 4.69) is 0 Å². The van der Waals surface area contributed by atoms with E-state index in [4.69, 9.17) is 10.5 Å². The van der Waals surface area contributed by atoms with E-state index < -0.39 is 5.41 Å². The first-order chi connectivity index (χ1) is 7.00. The predicted molar refractivity (Wildman–Crippen MR) is 60.3 cm³/mol. The molecular weight excluding hydrogens is 190 g/mol. The molecule has 0 spiro atoms. The minimum absolute atomic E-state index is 0.0785. The maximum absolute atomic E-state index is 11.6. The number of carbonyl (C=O) groups is 1. The predicted octanol–water partition coefficient (Wildman–Crippen LogP) is 2.09. The molecule has 1 aliphatic carbocycles. The van der Waals surface area contributed by atoms with Gasteiger partial charge in [-0.25, -0.2) is 0 Å². The van der Waals surface area contributed by atoms with Gasteiger partial charge < -0.3 is 10.5 Å². The van der Waals surface area contributed by atoms with Crippen LogP contribution in [0.5, 0.6) is 0 Å². The van der Waals surface area contributed by atoms with Gasteiger partial charge in [0.15, 0.2) is 0 Å².